The number of fused-ring (bicyclic) bond motifs is 1. The summed E-state index contributed by atoms with van der Waals surface area (Å²) in [5, 5.41) is 0. The Kier molecular flexibility index (Phi) is 3.89. The number of hydrogen-bond donors (Lipinski definition) is 0. The summed E-state index contributed by atoms with van der Waals surface area (Å²) in [4.78, 5) is 9.18. The second kappa shape index (κ2) is 5.81. The minimum atomic E-state index is 0.607. The van der Waals surface area contributed by atoms with E-state index in [1.165, 1.54) is 0 Å². The van der Waals surface area contributed by atoms with Crippen LogP contribution in [0.1, 0.15) is 11.6 Å². The zero-order valence-corrected chi connectivity index (χ0v) is 12.2. The topological polar surface area (TPSA) is 37.4 Å². The predicted molar refractivity (Wildman–Crippen MR) is 77.1 cm³/mol. The first-order valence-corrected chi connectivity index (χ1v) is 7.10. The molecule has 108 valence electrons. The molecule has 3 rings (SSSR count). The van der Waals surface area contributed by atoms with Crippen LogP contribution in [0.5, 0.6) is 0 Å². The van der Waals surface area contributed by atoms with Crippen molar-refractivity contribution in [1.82, 2.24) is 19.4 Å². The Morgan fingerprint density at radius 3 is 3.05 bits per heavy atom. The smallest absolute Gasteiger partial charge is 0.122 e. The highest BCUT2D eigenvalue weighted by Gasteiger charge is 2.23. The van der Waals surface area contributed by atoms with Crippen molar-refractivity contribution in [3.8, 4) is 0 Å². The van der Waals surface area contributed by atoms with E-state index in [0.717, 1.165) is 44.3 Å². The van der Waals surface area contributed by atoms with E-state index < -0.39 is 0 Å². The van der Waals surface area contributed by atoms with Crippen LogP contribution in [-0.2, 0) is 19.6 Å². The van der Waals surface area contributed by atoms with Crippen LogP contribution < -0.4 is 0 Å². The van der Waals surface area contributed by atoms with Crippen molar-refractivity contribution < 1.29 is 4.42 Å². The van der Waals surface area contributed by atoms with Gasteiger partial charge >= 0.3 is 0 Å². The molecule has 0 saturated carbocycles. The molecule has 0 aliphatic carbocycles. The van der Waals surface area contributed by atoms with Crippen molar-refractivity contribution in [2.75, 3.05) is 27.2 Å². The predicted octanol–water partition coefficient (Wildman–Crippen LogP) is 1.67. The second-order valence-corrected chi connectivity index (χ2v) is 5.87. The summed E-state index contributed by atoms with van der Waals surface area (Å²) < 4.78 is 7.77. The quantitative estimate of drug-likeness (QED) is 0.850. The van der Waals surface area contributed by atoms with Crippen molar-refractivity contribution in [2.45, 2.75) is 19.6 Å². The Morgan fingerprint density at radius 1 is 1.40 bits per heavy atom. The lowest BCUT2D eigenvalue weighted by atomic mass is 10.1. The van der Waals surface area contributed by atoms with Gasteiger partial charge in [0, 0.05) is 37.9 Å². The molecule has 2 aromatic heterocycles. The summed E-state index contributed by atoms with van der Waals surface area (Å²) in [5.41, 5.74) is 0. The summed E-state index contributed by atoms with van der Waals surface area (Å²) in [5.74, 6) is 2.78. The number of furan rings is 1. The van der Waals surface area contributed by atoms with Gasteiger partial charge in [-0.15, -0.1) is 0 Å². The molecule has 20 heavy (non-hydrogen) atoms. The van der Waals surface area contributed by atoms with Crippen LogP contribution in [-0.4, -0.2) is 46.5 Å². The van der Waals surface area contributed by atoms with Gasteiger partial charge in [0.05, 0.1) is 19.4 Å². The Bertz CT molecular complexity index is 532. The highest BCUT2D eigenvalue weighted by atomic mass is 16.3. The number of imidazole rings is 1. The molecule has 5 nitrogen and oxygen atoms in total. The van der Waals surface area contributed by atoms with Crippen LogP contribution in [0.2, 0.25) is 0 Å². The molecular formula is C15H22N4O. The fourth-order valence-corrected chi connectivity index (χ4v) is 3.00. The van der Waals surface area contributed by atoms with Gasteiger partial charge in [-0.1, -0.05) is 0 Å². The van der Waals surface area contributed by atoms with E-state index >= 15 is 0 Å². The van der Waals surface area contributed by atoms with E-state index in [2.05, 4.69) is 39.6 Å². The third kappa shape index (κ3) is 3.11. The number of aromatic nitrogens is 2. The molecule has 5 heteroatoms. The van der Waals surface area contributed by atoms with E-state index in [9.17, 15) is 0 Å². The average Bonchev–Trinajstić information content (AvgIpc) is 2.99. The minimum absolute atomic E-state index is 0.607. The molecule has 0 radical (unpaired) electrons. The maximum Gasteiger partial charge on any atom is 0.122 e. The number of rotatable bonds is 4. The molecule has 1 aliphatic rings. The summed E-state index contributed by atoms with van der Waals surface area (Å²) in [6.07, 6.45) is 5.73. The van der Waals surface area contributed by atoms with Crippen LogP contribution in [0, 0.1) is 5.92 Å². The first-order chi connectivity index (χ1) is 9.70. The van der Waals surface area contributed by atoms with Gasteiger partial charge < -0.3 is 13.9 Å². The van der Waals surface area contributed by atoms with Crippen molar-refractivity contribution in [3.63, 3.8) is 0 Å². The fraction of sp³-hybridized carbons (Fsp3) is 0.533. The summed E-state index contributed by atoms with van der Waals surface area (Å²) in [7, 11) is 4.27. The molecule has 1 aliphatic heterocycles. The van der Waals surface area contributed by atoms with E-state index in [-0.39, 0.29) is 0 Å². The van der Waals surface area contributed by atoms with Crippen molar-refractivity contribution in [2.24, 2.45) is 5.92 Å². The molecule has 0 spiro atoms. The first kappa shape index (κ1) is 13.4. The Morgan fingerprint density at radius 2 is 2.30 bits per heavy atom. The van der Waals surface area contributed by atoms with E-state index in [0.29, 0.717) is 5.92 Å². The molecule has 0 saturated heterocycles. The van der Waals surface area contributed by atoms with Crippen LogP contribution in [0.25, 0.3) is 0 Å². The maximum absolute atomic E-state index is 5.48. The lowest BCUT2D eigenvalue weighted by Gasteiger charge is -2.25. The van der Waals surface area contributed by atoms with Gasteiger partial charge in [-0.05, 0) is 26.2 Å². The van der Waals surface area contributed by atoms with Gasteiger partial charge in [-0.25, -0.2) is 4.98 Å². The number of nitrogens with zero attached hydrogens (tertiary/aromatic N) is 4. The van der Waals surface area contributed by atoms with Gasteiger partial charge in [-0.3, -0.25) is 4.90 Å². The molecule has 1 atom stereocenters. The van der Waals surface area contributed by atoms with Crippen LogP contribution >= 0.6 is 0 Å². The van der Waals surface area contributed by atoms with Crippen LogP contribution in [0.15, 0.2) is 35.2 Å². The third-order valence-electron chi connectivity index (χ3n) is 3.72. The zero-order chi connectivity index (χ0) is 13.9. The third-order valence-corrected chi connectivity index (χ3v) is 3.72. The normalized spacial score (nSPS) is 20.1. The van der Waals surface area contributed by atoms with Crippen molar-refractivity contribution >= 4 is 0 Å². The van der Waals surface area contributed by atoms with Gasteiger partial charge in [0.15, 0.2) is 0 Å². The van der Waals surface area contributed by atoms with Crippen molar-refractivity contribution in [3.05, 3.63) is 42.4 Å². The highest BCUT2D eigenvalue weighted by molar-refractivity contribution is 5.01. The van der Waals surface area contributed by atoms with Gasteiger partial charge in [0.25, 0.3) is 0 Å². The maximum atomic E-state index is 5.48. The largest absolute Gasteiger partial charge is 0.468 e. The van der Waals surface area contributed by atoms with Gasteiger partial charge in [-0.2, -0.15) is 0 Å². The van der Waals surface area contributed by atoms with E-state index in [4.69, 9.17) is 4.42 Å². The van der Waals surface area contributed by atoms with Gasteiger partial charge in [0.1, 0.15) is 11.6 Å². The minimum Gasteiger partial charge on any atom is -0.468 e. The van der Waals surface area contributed by atoms with Crippen LogP contribution in [0.4, 0.5) is 0 Å². The molecule has 0 N–H and O–H groups in total. The molecule has 0 bridgehead atoms. The lowest BCUT2D eigenvalue weighted by Crippen LogP contribution is -2.33. The molecule has 0 fully saturated rings. The Labute approximate surface area is 119 Å². The van der Waals surface area contributed by atoms with Crippen molar-refractivity contribution in [1.29, 1.82) is 0 Å². The molecule has 0 aromatic carbocycles. The Balaban J connectivity index is 1.76. The Hall–Kier alpha value is -1.59. The monoisotopic (exact) mass is 274 g/mol. The molecule has 0 unspecified atom stereocenters. The standard InChI is InChI=1S/C15H22N4O/c1-17(2)8-13-9-18(11-14-4-3-7-20-14)12-15-16-5-6-19(15)10-13/h3-7,13H,8-12H2,1-2H3/t13-/m1/s1. The van der Waals surface area contributed by atoms with Gasteiger partial charge in [0.2, 0.25) is 0 Å². The molecular weight excluding hydrogens is 252 g/mol. The highest BCUT2D eigenvalue weighted by Crippen LogP contribution is 2.18. The first-order valence-electron chi connectivity index (χ1n) is 7.10. The number of hydrogen-bond acceptors (Lipinski definition) is 4. The average molecular weight is 274 g/mol. The molecule has 2 aromatic rings. The van der Waals surface area contributed by atoms with E-state index in [1.807, 2.05) is 18.3 Å². The molecule has 3 heterocycles. The molecule has 0 amide bonds. The SMILES string of the molecule is CN(C)C[C@@H]1CN(Cc2ccco2)Cc2nccn2C1. The summed E-state index contributed by atoms with van der Waals surface area (Å²) in [6, 6.07) is 3.99. The lowest BCUT2D eigenvalue weighted by molar-refractivity contribution is 0.183. The zero-order valence-electron chi connectivity index (χ0n) is 12.2. The van der Waals surface area contributed by atoms with Crippen LogP contribution in [0.3, 0.4) is 0 Å². The fourth-order valence-electron chi connectivity index (χ4n) is 3.00. The summed E-state index contributed by atoms with van der Waals surface area (Å²) >= 11 is 0. The summed E-state index contributed by atoms with van der Waals surface area (Å²) in [6.45, 7) is 4.94. The second-order valence-electron chi connectivity index (χ2n) is 5.87. The van der Waals surface area contributed by atoms with E-state index in [1.54, 1.807) is 6.26 Å².